The number of halogens is 1. The first kappa shape index (κ1) is 12.2. The van der Waals surface area contributed by atoms with Crippen molar-refractivity contribution in [3.05, 3.63) is 47.9 Å². The SMILES string of the molecule is CC(=O)Nc1c(C)ccnc1-c1ccc(F)cc1. The topological polar surface area (TPSA) is 42.0 Å². The van der Waals surface area contributed by atoms with Crippen LogP contribution < -0.4 is 5.32 Å². The van der Waals surface area contributed by atoms with Crippen LogP contribution in [0.4, 0.5) is 10.1 Å². The van der Waals surface area contributed by atoms with Gasteiger partial charge in [0.05, 0.1) is 11.4 Å². The standard InChI is InChI=1S/C14H13FN2O/c1-9-7-8-16-14(13(9)17-10(2)18)11-3-5-12(15)6-4-11/h3-8H,1-2H3,(H,17,18). The summed E-state index contributed by atoms with van der Waals surface area (Å²) in [6.45, 7) is 3.33. The van der Waals surface area contributed by atoms with E-state index in [0.717, 1.165) is 11.1 Å². The largest absolute Gasteiger partial charge is 0.324 e. The molecule has 0 radical (unpaired) electrons. The maximum absolute atomic E-state index is 12.9. The van der Waals surface area contributed by atoms with E-state index in [-0.39, 0.29) is 11.7 Å². The van der Waals surface area contributed by atoms with Crippen molar-refractivity contribution in [3.8, 4) is 11.3 Å². The molecule has 92 valence electrons. The van der Waals surface area contributed by atoms with Gasteiger partial charge in [0, 0.05) is 18.7 Å². The number of aromatic nitrogens is 1. The molecule has 0 bridgehead atoms. The van der Waals surface area contributed by atoms with Gasteiger partial charge in [-0.2, -0.15) is 0 Å². The van der Waals surface area contributed by atoms with Gasteiger partial charge in [-0.1, -0.05) is 0 Å². The fraction of sp³-hybridized carbons (Fsp3) is 0.143. The van der Waals surface area contributed by atoms with Crippen LogP contribution in [-0.4, -0.2) is 10.9 Å². The van der Waals surface area contributed by atoms with Crippen LogP contribution in [0, 0.1) is 12.7 Å². The molecule has 0 aliphatic heterocycles. The maximum atomic E-state index is 12.9. The number of rotatable bonds is 2. The van der Waals surface area contributed by atoms with Crippen molar-refractivity contribution in [2.24, 2.45) is 0 Å². The first-order chi connectivity index (χ1) is 8.58. The molecule has 1 aromatic carbocycles. The van der Waals surface area contributed by atoms with Crippen LogP contribution in [0.3, 0.4) is 0 Å². The number of benzene rings is 1. The molecule has 1 aromatic heterocycles. The Balaban J connectivity index is 2.53. The van der Waals surface area contributed by atoms with Crippen molar-refractivity contribution in [2.75, 3.05) is 5.32 Å². The Kier molecular flexibility index (Phi) is 3.37. The van der Waals surface area contributed by atoms with E-state index in [1.54, 1.807) is 18.3 Å². The zero-order chi connectivity index (χ0) is 13.1. The summed E-state index contributed by atoms with van der Waals surface area (Å²) in [4.78, 5) is 15.5. The van der Waals surface area contributed by atoms with Crippen molar-refractivity contribution in [1.29, 1.82) is 0 Å². The number of nitrogens with one attached hydrogen (secondary N) is 1. The number of carbonyl (C=O) groups is 1. The number of anilines is 1. The first-order valence-corrected chi connectivity index (χ1v) is 5.57. The fourth-order valence-electron chi connectivity index (χ4n) is 1.72. The third-order valence-electron chi connectivity index (χ3n) is 2.58. The molecule has 1 N–H and O–H groups in total. The second kappa shape index (κ2) is 4.96. The average molecular weight is 244 g/mol. The minimum Gasteiger partial charge on any atom is -0.324 e. The summed E-state index contributed by atoms with van der Waals surface area (Å²) < 4.78 is 12.9. The Labute approximate surface area is 105 Å². The molecule has 0 saturated heterocycles. The summed E-state index contributed by atoms with van der Waals surface area (Å²) in [7, 11) is 0. The van der Waals surface area contributed by atoms with Gasteiger partial charge < -0.3 is 5.32 Å². The van der Waals surface area contributed by atoms with E-state index in [1.165, 1.54) is 19.1 Å². The molecule has 18 heavy (non-hydrogen) atoms. The summed E-state index contributed by atoms with van der Waals surface area (Å²) in [6.07, 6.45) is 1.67. The van der Waals surface area contributed by atoms with Crippen LogP contribution in [0.15, 0.2) is 36.5 Å². The van der Waals surface area contributed by atoms with Crippen LogP contribution in [0.2, 0.25) is 0 Å². The molecule has 1 heterocycles. The molecule has 2 rings (SSSR count). The lowest BCUT2D eigenvalue weighted by Gasteiger charge is -2.11. The van der Waals surface area contributed by atoms with Crippen LogP contribution in [-0.2, 0) is 4.79 Å². The van der Waals surface area contributed by atoms with Crippen LogP contribution in [0.1, 0.15) is 12.5 Å². The van der Waals surface area contributed by atoms with Crippen LogP contribution >= 0.6 is 0 Å². The van der Waals surface area contributed by atoms with E-state index in [1.807, 2.05) is 13.0 Å². The highest BCUT2D eigenvalue weighted by Crippen LogP contribution is 2.28. The van der Waals surface area contributed by atoms with E-state index in [4.69, 9.17) is 0 Å². The molecule has 0 aliphatic rings. The summed E-state index contributed by atoms with van der Waals surface area (Å²) in [5, 5.41) is 2.76. The zero-order valence-corrected chi connectivity index (χ0v) is 10.2. The first-order valence-electron chi connectivity index (χ1n) is 5.57. The minimum atomic E-state index is -0.299. The molecule has 0 atom stereocenters. The van der Waals surface area contributed by atoms with Crippen LogP contribution in [0.5, 0.6) is 0 Å². The summed E-state index contributed by atoms with van der Waals surface area (Å²) in [6, 6.07) is 7.84. The fourth-order valence-corrected chi connectivity index (χ4v) is 1.72. The summed E-state index contributed by atoms with van der Waals surface area (Å²) in [5.41, 5.74) is 2.99. The summed E-state index contributed by atoms with van der Waals surface area (Å²) in [5.74, 6) is -0.457. The summed E-state index contributed by atoms with van der Waals surface area (Å²) >= 11 is 0. The molecular weight excluding hydrogens is 231 g/mol. The number of hydrogen-bond acceptors (Lipinski definition) is 2. The van der Waals surface area contributed by atoms with Gasteiger partial charge in [0.1, 0.15) is 5.82 Å². The molecule has 0 saturated carbocycles. The number of nitrogens with zero attached hydrogens (tertiary/aromatic N) is 1. The number of amides is 1. The van der Waals surface area contributed by atoms with E-state index in [0.29, 0.717) is 11.4 Å². The van der Waals surface area contributed by atoms with Gasteiger partial charge in [0.15, 0.2) is 0 Å². The van der Waals surface area contributed by atoms with Crippen molar-refractivity contribution >= 4 is 11.6 Å². The highest BCUT2D eigenvalue weighted by Gasteiger charge is 2.10. The lowest BCUT2D eigenvalue weighted by atomic mass is 10.1. The second-order valence-electron chi connectivity index (χ2n) is 4.04. The van der Waals surface area contributed by atoms with Gasteiger partial charge in [-0.15, -0.1) is 0 Å². The van der Waals surface area contributed by atoms with Gasteiger partial charge in [0.2, 0.25) is 5.91 Å². The third kappa shape index (κ3) is 2.53. The molecule has 0 fully saturated rings. The smallest absolute Gasteiger partial charge is 0.221 e. The Hall–Kier alpha value is -2.23. The molecule has 0 aliphatic carbocycles. The molecular formula is C14H13FN2O. The molecule has 3 nitrogen and oxygen atoms in total. The minimum absolute atomic E-state index is 0.158. The van der Waals surface area contributed by atoms with Gasteiger partial charge in [0.25, 0.3) is 0 Å². The predicted molar refractivity (Wildman–Crippen MR) is 68.7 cm³/mol. The lowest BCUT2D eigenvalue weighted by molar-refractivity contribution is -0.114. The van der Waals surface area contributed by atoms with Gasteiger partial charge in [-0.05, 0) is 42.8 Å². The van der Waals surface area contributed by atoms with E-state index in [9.17, 15) is 9.18 Å². The molecule has 0 unspecified atom stereocenters. The molecule has 1 amide bonds. The molecule has 4 heteroatoms. The van der Waals surface area contributed by atoms with Gasteiger partial charge in [-0.25, -0.2) is 4.39 Å². The Bertz CT molecular complexity index is 579. The number of hydrogen-bond donors (Lipinski definition) is 1. The van der Waals surface area contributed by atoms with Gasteiger partial charge >= 0.3 is 0 Å². The number of pyridine rings is 1. The molecule has 0 spiro atoms. The van der Waals surface area contributed by atoms with E-state index >= 15 is 0 Å². The Morgan fingerprint density at radius 1 is 1.22 bits per heavy atom. The highest BCUT2D eigenvalue weighted by atomic mass is 19.1. The number of aryl methyl sites for hydroxylation is 1. The second-order valence-corrected chi connectivity index (χ2v) is 4.04. The van der Waals surface area contributed by atoms with Crippen molar-refractivity contribution < 1.29 is 9.18 Å². The zero-order valence-electron chi connectivity index (χ0n) is 10.2. The lowest BCUT2D eigenvalue weighted by Crippen LogP contribution is -2.09. The quantitative estimate of drug-likeness (QED) is 0.881. The Morgan fingerprint density at radius 2 is 1.89 bits per heavy atom. The number of carbonyl (C=O) groups excluding carboxylic acids is 1. The Morgan fingerprint density at radius 3 is 2.50 bits per heavy atom. The predicted octanol–water partition coefficient (Wildman–Crippen LogP) is 3.15. The van der Waals surface area contributed by atoms with E-state index in [2.05, 4.69) is 10.3 Å². The van der Waals surface area contributed by atoms with Crippen molar-refractivity contribution in [1.82, 2.24) is 4.98 Å². The average Bonchev–Trinajstić information content (AvgIpc) is 2.32. The van der Waals surface area contributed by atoms with Crippen molar-refractivity contribution in [2.45, 2.75) is 13.8 Å². The van der Waals surface area contributed by atoms with Gasteiger partial charge in [-0.3, -0.25) is 9.78 Å². The highest BCUT2D eigenvalue weighted by molar-refractivity contribution is 5.94. The van der Waals surface area contributed by atoms with Crippen LogP contribution in [0.25, 0.3) is 11.3 Å². The van der Waals surface area contributed by atoms with E-state index < -0.39 is 0 Å². The normalized spacial score (nSPS) is 10.2. The monoisotopic (exact) mass is 244 g/mol. The molecule has 2 aromatic rings. The third-order valence-corrected chi connectivity index (χ3v) is 2.58. The van der Waals surface area contributed by atoms with Crippen molar-refractivity contribution in [3.63, 3.8) is 0 Å². The maximum Gasteiger partial charge on any atom is 0.221 e.